The van der Waals surface area contributed by atoms with E-state index in [1.807, 2.05) is 16.7 Å². The lowest BCUT2D eigenvalue weighted by atomic mass is 10.0. The number of nitrogens with one attached hydrogen (secondary N) is 2. The van der Waals surface area contributed by atoms with Crippen LogP contribution in [0.25, 0.3) is 0 Å². The summed E-state index contributed by atoms with van der Waals surface area (Å²) in [4.78, 5) is 18.1. The molecule has 3 heterocycles. The minimum atomic E-state index is -3.30. The predicted octanol–water partition coefficient (Wildman–Crippen LogP) is -1.25. The summed E-state index contributed by atoms with van der Waals surface area (Å²) < 4.78 is 23.7. The second-order valence-electron chi connectivity index (χ2n) is 9.58. The molecule has 1 aromatic heterocycles. The fourth-order valence-corrected chi connectivity index (χ4v) is 5.21. The van der Waals surface area contributed by atoms with E-state index in [2.05, 4.69) is 20.8 Å². The molecule has 2 saturated heterocycles. The molecule has 4 rings (SSSR count). The first-order valence-corrected chi connectivity index (χ1v) is 13.5. The van der Waals surface area contributed by atoms with Crippen LogP contribution in [0.2, 0.25) is 0 Å². The summed E-state index contributed by atoms with van der Waals surface area (Å²) in [5.41, 5.74) is 32.3. The lowest BCUT2D eigenvalue weighted by molar-refractivity contribution is 0.441. The van der Waals surface area contributed by atoms with E-state index in [1.54, 1.807) is 18.2 Å². The minimum absolute atomic E-state index is 0.0821. The molecule has 0 bridgehead atoms. The Morgan fingerprint density at radius 3 is 1.74 bits per heavy atom. The Kier molecular flexibility index (Phi) is 7.28. The molecule has 2 fully saturated rings. The zero-order valence-corrected chi connectivity index (χ0v) is 20.9. The number of sulfone groups is 1. The van der Waals surface area contributed by atoms with E-state index in [9.17, 15) is 8.42 Å². The first kappa shape index (κ1) is 25.3. The molecule has 2 aliphatic rings. The van der Waals surface area contributed by atoms with Crippen molar-refractivity contribution < 1.29 is 8.42 Å². The highest BCUT2D eigenvalue weighted by atomic mass is 32.2. The Balaban J connectivity index is 1.61. The number of hydrogen-bond acceptors (Lipinski definition) is 13. The minimum Gasteiger partial charge on any atom is -0.338 e. The molecule has 0 saturated carbocycles. The van der Waals surface area contributed by atoms with Crippen molar-refractivity contribution in [2.75, 3.05) is 53.1 Å². The van der Waals surface area contributed by atoms with Crippen LogP contribution < -0.4 is 43.6 Å². The third kappa shape index (κ3) is 6.27. The summed E-state index contributed by atoms with van der Waals surface area (Å²) in [5, 5.41) is 0. The number of nitrogens with two attached hydrogens (primary N) is 4. The molecule has 14 heteroatoms. The van der Waals surface area contributed by atoms with Crippen LogP contribution in [0.4, 0.5) is 23.5 Å². The molecule has 1 aromatic carbocycles. The van der Waals surface area contributed by atoms with Crippen LogP contribution in [-0.2, 0) is 9.84 Å². The van der Waals surface area contributed by atoms with E-state index in [-0.39, 0.29) is 35.0 Å². The molecule has 0 radical (unpaired) electrons. The molecule has 0 unspecified atom stereocenters. The van der Waals surface area contributed by atoms with Gasteiger partial charge in [0.25, 0.3) is 0 Å². The van der Waals surface area contributed by atoms with Gasteiger partial charge in [-0.3, -0.25) is 10.9 Å². The molecule has 0 spiro atoms. The lowest BCUT2D eigenvalue weighted by Gasteiger charge is -2.37. The summed E-state index contributed by atoms with van der Waals surface area (Å²) >= 11 is 0. The van der Waals surface area contributed by atoms with Crippen molar-refractivity contribution in [1.29, 1.82) is 0 Å². The van der Waals surface area contributed by atoms with Gasteiger partial charge in [-0.05, 0) is 43.5 Å². The Labute approximate surface area is 205 Å². The van der Waals surface area contributed by atoms with Gasteiger partial charge >= 0.3 is 0 Å². The smallest absolute Gasteiger partial charge is 0.248 e. The van der Waals surface area contributed by atoms with Gasteiger partial charge in [0, 0.05) is 56.6 Å². The van der Waals surface area contributed by atoms with Gasteiger partial charge in [-0.15, -0.1) is 0 Å². The first-order valence-electron chi connectivity index (χ1n) is 11.6. The van der Waals surface area contributed by atoms with E-state index < -0.39 is 9.84 Å². The van der Waals surface area contributed by atoms with Crippen LogP contribution in [0.1, 0.15) is 18.4 Å². The average molecular weight is 506 g/mol. The van der Waals surface area contributed by atoms with Gasteiger partial charge in [-0.2, -0.15) is 15.0 Å². The summed E-state index contributed by atoms with van der Waals surface area (Å²) in [6.45, 7) is 4.13. The van der Waals surface area contributed by atoms with Gasteiger partial charge in [0.15, 0.2) is 9.84 Å². The molecule has 4 atom stereocenters. The Morgan fingerprint density at radius 2 is 1.31 bits per heavy atom. The topological polar surface area (TPSA) is 207 Å². The maximum atomic E-state index is 11.8. The van der Waals surface area contributed by atoms with Crippen LogP contribution in [0.5, 0.6) is 0 Å². The number of aryl methyl sites for hydroxylation is 1. The number of aromatic nitrogens is 3. The molecule has 2 aliphatic heterocycles. The number of anilines is 4. The highest BCUT2D eigenvalue weighted by Crippen LogP contribution is 2.23. The second-order valence-corrected chi connectivity index (χ2v) is 11.6. The van der Waals surface area contributed by atoms with Crippen molar-refractivity contribution in [3.05, 3.63) is 23.8 Å². The van der Waals surface area contributed by atoms with Crippen molar-refractivity contribution >= 4 is 33.4 Å². The van der Waals surface area contributed by atoms with Crippen molar-refractivity contribution in [2.24, 2.45) is 22.9 Å². The summed E-state index contributed by atoms with van der Waals surface area (Å²) in [5.74, 6) is 1.21. The summed E-state index contributed by atoms with van der Waals surface area (Å²) in [6.07, 6.45) is 2.65. The Morgan fingerprint density at radius 1 is 0.829 bits per heavy atom. The van der Waals surface area contributed by atoms with Gasteiger partial charge < -0.3 is 32.7 Å². The fourth-order valence-electron chi connectivity index (χ4n) is 4.51. The van der Waals surface area contributed by atoms with Gasteiger partial charge in [-0.25, -0.2) is 8.42 Å². The maximum Gasteiger partial charge on any atom is 0.248 e. The van der Waals surface area contributed by atoms with Crippen molar-refractivity contribution in [3.8, 4) is 0 Å². The Bertz CT molecular complexity index is 1100. The highest BCUT2D eigenvalue weighted by Gasteiger charge is 2.28. The first-order chi connectivity index (χ1) is 16.5. The van der Waals surface area contributed by atoms with Crippen molar-refractivity contribution in [3.63, 3.8) is 0 Å². The number of hydrazine groups is 1. The number of piperidine rings is 2. The molecular weight excluding hydrogens is 470 g/mol. The van der Waals surface area contributed by atoms with E-state index in [4.69, 9.17) is 27.9 Å². The summed E-state index contributed by atoms with van der Waals surface area (Å²) in [7, 11) is -3.30. The largest absolute Gasteiger partial charge is 0.338 e. The average Bonchev–Trinajstić information content (AvgIpc) is 2.76. The van der Waals surface area contributed by atoms with E-state index in [0.29, 0.717) is 43.8 Å². The van der Waals surface area contributed by atoms with E-state index in [0.717, 1.165) is 18.4 Å². The second kappa shape index (κ2) is 10.1. The molecule has 0 aliphatic carbocycles. The third-order valence-electron chi connectivity index (χ3n) is 6.14. The highest BCUT2D eigenvalue weighted by molar-refractivity contribution is 7.90. The lowest BCUT2D eigenvalue weighted by Crippen LogP contribution is -2.54. The number of nitrogens with zero attached hydrogens (tertiary/aromatic N) is 5. The van der Waals surface area contributed by atoms with Gasteiger partial charge in [0.05, 0.1) is 10.6 Å². The van der Waals surface area contributed by atoms with Crippen molar-refractivity contribution in [2.45, 2.75) is 48.8 Å². The van der Waals surface area contributed by atoms with Crippen LogP contribution in [0.3, 0.4) is 0 Å². The monoisotopic (exact) mass is 505 g/mol. The van der Waals surface area contributed by atoms with Crippen LogP contribution in [0, 0.1) is 6.92 Å². The van der Waals surface area contributed by atoms with Crippen LogP contribution >= 0.6 is 0 Å². The van der Waals surface area contributed by atoms with Gasteiger partial charge in [-0.1, -0.05) is 0 Å². The Hall–Kier alpha value is -2.78. The summed E-state index contributed by atoms with van der Waals surface area (Å²) in [6, 6.07) is 4.51. The zero-order chi connectivity index (χ0) is 25.3. The third-order valence-corrected chi connectivity index (χ3v) is 7.25. The van der Waals surface area contributed by atoms with E-state index in [1.165, 1.54) is 6.26 Å². The number of rotatable bonds is 6. The van der Waals surface area contributed by atoms with Gasteiger partial charge in [0.2, 0.25) is 17.8 Å². The van der Waals surface area contributed by atoms with Crippen LogP contribution in [0.15, 0.2) is 23.1 Å². The van der Waals surface area contributed by atoms with Crippen molar-refractivity contribution in [1.82, 2.24) is 15.0 Å². The number of benzene rings is 1. The van der Waals surface area contributed by atoms with Gasteiger partial charge in [0.1, 0.15) is 0 Å². The maximum absolute atomic E-state index is 11.8. The quantitative estimate of drug-likeness (QED) is 0.254. The zero-order valence-electron chi connectivity index (χ0n) is 20.1. The number of hydrogen-bond donors (Lipinski definition) is 6. The molecule has 2 aromatic rings. The molecule has 13 nitrogen and oxygen atoms in total. The normalized spacial score (nSPS) is 25.4. The molecule has 192 valence electrons. The molecule has 0 amide bonds. The van der Waals surface area contributed by atoms with Crippen LogP contribution in [-0.4, -0.2) is 80.0 Å². The predicted molar refractivity (Wildman–Crippen MR) is 137 cm³/mol. The molecule has 10 N–H and O–H groups in total. The fraction of sp³-hybridized carbons (Fsp3) is 0.571. The molecule has 35 heavy (non-hydrogen) atoms. The molecular formula is C21H35N11O2S. The van der Waals surface area contributed by atoms with E-state index >= 15 is 0 Å². The SMILES string of the molecule is Cc1cc(S(C)(=O)=O)ccc1NNc1nc(N2C[C@H](N)C[C@H](N)C2)nc(N2C[C@H](N)C[C@H](N)C2)n1. The standard InChI is InChI=1S/C21H35N11O2S/c1-12-5-17(35(2,33)34)3-4-18(12)29-30-19-26-20(31-8-13(22)6-14(23)9-31)28-21(27-19)32-10-15(24)7-16(25)11-32/h3-5,13-16,29H,6-11,22-25H2,1-2H3,(H,26,27,28,30)/t13-,14+,15-,16+.